The molecule has 3 N–H and O–H groups in total. The molecule has 2 amide bonds. The van der Waals surface area contributed by atoms with Gasteiger partial charge in [-0.2, -0.15) is 0 Å². The number of carboxylic acids is 1. The van der Waals surface area contributed by atoms with Gasteiger partial charge in [-0.3, -0.25) is 0 Å². The highest BCUT2D eigenvalue weighted by Gasteiger charge is 2.23. The van der Waals surface area contributed by atoms with Gasteiger partial charge < -0.3 is 15.7 Å². The van der Waals surface area contributed by atoms with Gasteiger partial charge in [0.15, 0.2) is 0 Å². The maximum Gasteiger partial charge on any atom is 0.326 e. The molecule has 0 heterocycles. The third-order valence-corrected chi connectivity index (χ3v) is 3.76. The number of halogens is 2. The lowest BCUT2D eigenvalue weighted by Crippen LogP contribution is -2.46. The average molecular weight is 441 g/mol. The first-order valence-electron chi connectivity index (χ1n) is 5.56. The van der Waals surface area contributed by atoms with E-state index in [1.165, 1.54) is 0 Å². The molecule has 0 aliphatic rings. The van der Waals surface area contributed by atoms with Crippen molar-refractivity contribution in [1.82, 2.24) is 5.32 Å². The quantitative estimate of drug-likeness (QED) is 0.628. The van der Waals surface area contributed by atoms with Crippen LogP contribution in [0.2, 0.25) is 0 Å². The van der Waals surface area contributed by atoms with Crippen LogP contribution >= 0.6 is 38.5 Å². The molecule has 1 aromatic carbocycles. The number of nitrogens with one attached hydrogen (secondary N) is 2. The van der Waals surface area contributed by atoms with Crippen molar-refractivity contribution < 1.29 is 14.7 Å². The van der Waals surface area contributed by atoms with E-state index in [9.17, 15) is 9.59 Å². The second-order valence-electron chi connectivity index (χ2n) is 4.28. The summed E-state index contributed by atoms with van der Waals surface area (Å²) in [6.45, 7) is 3.47. The Morgan fingerprint density at radius 3 is 2.53 bits per heavy atom. The van der Waals surface area contributed by atoms with Crippen molar-refractivity contribution in [3.8, 4) is 0 Å². The van der Waals surface area contributed by atoms with E-state index in [1.54, 1.807) is 19.9 Å². The molecule has 1 aromatic rings. The molecule has 0 fully saturated rings. The van der Waals surface area contributed by atoms with Crippen LogP contribution in [-0.2, 0) is 4.79 Å². The highest BCUT2D eigenvalue weighted by Crippen LogP contribution is 2.24. The number of rotatable bonds is 4. The standard InChI is InChI=1S/C12H14BrIN2O3/c1-6(2)10(11(17)18)16-12(19)15-9-5-7(14)3-4-8(9)13/h3-6,10H,1-2H3,(H,17,18)(H2,15,16,19)/t10-/m1/s1. The predicted molar refractivity (Wildman–Crippen MR) is 85.3 cm³/mol. The molecule has 0 radical (unpaired) electrons. The van der Waals surface area contributed by atoms with Gasteiger partial charge in [0.05, 0.1) is 5.69 Å². The molecule has 0 unspecified atom stereocenters. The zero-order valence-corrected chi connectivity index (χ0v) is 14.1. The summed E-state index contributed by atoms with van der Waals surface area (Å²) in [6.07, 6.45) is 0. The fourth-order valence-electron chi connectivity index (χ4n) is 1.41. The third-order valence-electron chi connectivity index (χ3n) is 2.40. The largest absolute Gasteiger partial charge is 0.480 e. The molecule has 104 valence electrons. The maximum atomic E-state index is 11.8. The number of amides is 2. The van der Waals surface area contributed by atoms with Crippen LogP contribution in [0.5, 0.6) is 0 Å². The molecular formula is C12H14BrIN2O3. The Morgan fingerprint density at radius 2 is 2.00 bits per heavy atom. The second kappa shape index (κ2) is 7.09. The van der Waals surface area contributed by atoms with E-state index in [0.717, 1.165) is 8.04 Å². The minimum absolute atomic E-state index is 0.192. The first-order valence-corrected chi connectivity index (χ1v) is 7.43. The highest BCUT2D eigenvalue weighted by molar-refractivity contribution is 14.1. The van der Waals surface area contributed by atoms with Gasteiger partial charge in [-0.05, 0) is 62.6 Å². The predicted octanol–water partition coefficient (Wildman–Crippen LogP) is 3.28. The molecular weight excluding hydrogens is 427 g/mol. The van der Waals surface area contributed by atoms with Gasteiger partial charge in [0.2, 0.25) is 0 Å². The van der Waals surface area contributed by atoms with E-state index in [4.69, 9.17) is 5.11 Å². The number of urea groups is 1. The Bertz CT molecular complexity index is 494. The van der Waals surface area contributed by atoms with Gasteiger partial charge in [-0.25, -0.2) is 9.59 Å². The van der Waals surface area contributed by atoms with Crippen molar-refractivity contribution in [3.63, 3.8) is 0 Å². The van der Waals surface area contributed by atoms with Crippen molar-refractivity contribution in [1.29, 1.82) is 0 Å². The van der Waals surface area contributed by atoms with E-state index < -0.39 is 18.0 Å². The van der Waals surface area contributed by atoms with Crippen molar-refractivity contribution in [3.05, 3.63) is 26.2 Å². The number of hydrogen-bond acceptors (Lipinski definition) is 2. The zero-order chi connectivity index (χ0) is 14.6. The smallest absolute Gasteiger partial charge is 0.326 e. The fraction of sp³-hybridized carbons (Fsp3) is 0.333. The summed E-state index contributed by atoms with van der Waals surface area (Å²) in [5, 5.41) is 14.1. The minimum atomic E-state index is -1.05. The molecule has 1 atom stereocenters. The molecule has 0 aliphatic heterocycles. The number of aliphatic carboxylic acids is 1. The van der Waals surface area contributed by atoms with Gasteiger partial charge in [0, 0.05) is 8.04 Å². The SMILES string of the molecule is CC(C)[C@@H](NC(=O)Nc1cc(I)ccc1Br)C(=O)O. The Balaban J connectivity index is 2.74. The third kappa shape index (κ3) is 4.98. The van der Waals surface area contributed by atoms with Gasteiger partial charge in [0.1, 0.15) is 6.04 Å². The fourth-order valence-corrected chi connectivity index (χ4v) is 2.24. The van der Waals surface area contributed by atoms with Crippen LogP contribution in [0.15, 0.2) is 22.7 Å². The summed E-state index contributed by atoms with van der Waals surface area (Å²) < 4.78 is 1.70. The Labute approximate surface area is 133 Å². The average Bonchev–Trinajstić information content (AvgIpc) is 2.30. The van der Waals surface area contributed by atoms with E-state index in [1.807, 2.05) is 12.1 Å². The molecule has 19 heavy (non-hydrogen) atoms. The van der Waals surface area contributed by atoms with Gasteiger partial charge >= 0.3 is 12.0 Å². The number of hydrogen-bond donors (Lipinski definition) is 3. The summed E-state index contributed by atoms with van der Waals surface area (Å²) in [5.74, 6) is -1.24. The van der Waals surface area contributed by atoms with Crippen LogP contribution < -0.4 is 10.6 Å². The molecule has 0 aliphatic carbocycles. The van der Waals surface area contributed by atoms with Gasteiger partial charge in [0.25, 0.3) is 0 Å². The topological polar surface area (TPSA) is 78.4 Å². The van der Waals surface area contributed by atoms with E-state index in [-0.39, 0.29) is 5.92 Å². The molecule has 0 spiro atoms. The van der Waals surface area contributed by atoms with Crippen LogP contribution in [0.3, 0.4) is 0 Å². The van der Waals surface area contributed by atoms with E-state index >= 15 is 0 Å². The summed E-state index contributed by atoms with van der Waals surface area (Å²) in [6, 6.07) is 4.04. The zero-order valence-electron chi connectivity index (χ0n) is 10.4. The molecule has 0 aromatic heterocycles. The second-order valence-corrected chi connectivity index (χ2v) is 6.38. The first kappa shape index (κ1) is 16.2. The lowest BCUT2D eigenvalue weighted by Gasteiger charge is -2.18. The van der Waals surface area contributed by atoms with E-state index in [0.29, 0.717) is 5.69 Å². The number of carbonyl (C=O) groups excluding carboxylic acids is 1. The van der Waals surface area contributed by atoms with Gasteiger partial charge in [-0.15, -0.1) is 0 Å². The Hall–Kier alpha value is -0.830. The maximum absolute atomic E-state index is 11.8. The first-order chi connectivity index (χ1) is 8.81. The minimum Gasteiger partial charge on any atom is -0.480 e. The lowest BCUT2D eigenvalue weighted by molar-refractivity contribution is -0.140. The van der Waals surface area contributed by atoms with Crippen LogP contribution in [0.1, 0.15) is 13.8 Å². The number of carbonyl (C=O) groups is 2. The van der Waals surface area contributed by atoms with E-state index in [2.05, 4.69) is 49.2 Å². The van der Waals surface area contributed by atoms with Crippen molar-refractivity contribution in [2.24, 2.45) is 5.92 Å². The van der Waals surface area contributed by atoms with Crippen LogP contribution in [0.25, 0.3) is 0 Å². The van der Waals surface area contributed by atoms with Crippen molar-refractivity contribution >= 4 is 56.2 Å². The Kier molecular flexibility index (Phi) is 6.05. The normalized spacial score (nSPS) is 12.1. The highest BCUT2D eigenvalue weighted by atomic mass is 127. The van der Waals surface area contributed by atoms with Crippen LogP contribution in [0.4, 0.5) is 10.5 Å². The summed E-state index contributed by atoms with van der Waals surface area (Å²) in [4.78, 5) is 22.8. The molecule has 0 bridgehead atoms. The lowest BCUT2D eigenvalue weighted by atomic mass is 10.1. The molecule has 5 nitrogen and oxygen atoms in total. The number of anilines is 1. The monoisotopic (exact) mass is 440 g/mol. The van der Waals surface area contributed by atoms with Gasteiger partial charge in [-0.1, -0.05) is 13.8 Å². The summed E-state index contributed by atoms with van der Waals surface area (Å²) in [5.41, 5.74) is 0.595. The molecule has 0 saturated heterocycles. The summed E-state index contributed by atoms with van der Waals surface area (Å²) >= 11 is 5.45. The van der Waals surface area contributed by atoms with Crippen LogP contribution in [-0.4, -0.2) is 23.1 Å². The van der Waals surface area contributed by atoms with Crippen molar-refractivity contribution in [2.45, 2.75) is 19.9 Å². The Morgan fingerprint density at radius 1 is 1.37 bits per heavy atom. The molecule has 1 rings (SSSR count). The number of carboxylic acid groups (broad SMARTS) is 1. The summed E-state index contributed by atoms with van der Waals surface area (Å²) in [7, 11) is 0. The molecule has 0 saturated carbocycles. The van der Waals surface area contributed by atoms with Crippen molar-refractivity contribution in [2.75, 3.05) is 5.32 Å². The van der Waals surface area contributed by atoms with Crippen LogP contribution in [0, 0.1) is 9.49 Å². The number of benzene rings is 1. The molecule has 7 heteroatoms.